The van der Waals surface area contributed by atoms with Crippen LogP contribution in [-0.2, 0) is 13.0 Å². The van der Waals surface area contributed by atoms with Crippen LogP contribution in [0.1, 0.15) is 46.1 Å². The first-order chi connectivity index (χ1) is 19.4. The van der Waals surface area contributed by atoms with E-state index in [1.807, 2.05) is 19.1 Å². The molecule has 4 aliphatic rings. The maximum atomic E-state index is 14.4. The summed E-state index contributed by atoms with van der Waals surface area (Å²) in [5.74, 6) is 2.75. The zero-order chi connectivity index (χ0) is 29.1. The average Bonchev–Trinajstić information content (AvgIpc) is 2.92. The number of anilines is 1. The molecule has 8 nitrogen and oxygen atoms in total. The van der Waals surface area contributed by atoms with Crippen molar-refractivity contribution in [3.8, 4) is 5.75 Å². The number of likely N-dealkylation sites (tertiary alicyclic amines) is 1. The number of hydrogen-bond donors (Lipinski definition) is 2. The van der Waals surface area contributed by atoms with Crippen molar-refractivity contribution in [2.45, 2.75) is 65.1 Å². The molecular formula is C32H40FN5O3. The van der Waals surface area contributed by atoms with Gasteiger partial charge in [-0.1, -0.05) is 26.8 Å². The molecule has 1 aromatic heterocycles. The van der Waals surface area contributed by atoms with Gasteiger partial charge in [0.15, 0.2) is 5.96 Å². The van der Waals surface area contributed by atoms with Crippen molar-refractivity contribution >= 4 is 22.5 Å². The number of rotatable bonds is 6. The molecule has 9 heteroatoms. The Hall–Kier alpha value is -3.46. The lowest BCUT2D eigenvalue weighted by atomic mass is 9.45. The monoisotopic (exact) mass is 561 g/mol. The third-order valence-electron chi connectivity index (χ3n) is 9.93. The predicted molar refractivity (Wildman–Crippen MR) is 159 cm³/mol. The van der Waals surface area contributed by atoms with Crippen LogP contribution in [0.25, 0.3) is 10.9 Å². The van der Waals surface area contributed by atoms with Gasteiger partial charge in [0.05, 0.1) is 49.1 Å². The Kier molecular flexibility index (Phi) is 6.83. The van der Waals surface area contributed by atoms with Gasteiger partial charge in [-0.3, -0.25) is 9.36 Å². The van der Waals surface area contributed by atoms with E-state index in [-0.39, 0.29) is 17.4 Å². The molecule has 2 bridgehead atoms. The molecule has 0 spiro atoms. The van der Waals surface area contributed by atoms with Gasteiger partial charge in [0.1, 0.15) is 11.6 Å². The standard InChI is InChI=1S/C32H40FN5O3/c1-19-25-12-21(31(25,2)3)13-27(19)36-30(38-16-32(4,40)17-38)35-22-7-9-24-28(14-22)34-18-37(29(24)39)11-10-20-6-8-23(41-5)15-26(20)33/h6-9,14-15,18-19,21,25,27,40H,10-13,16-17H2,1-5H3,(H,35,36). The number of guanidine groups is 1. The molecular weight excluding hydrogens is 521 g/mol. The molecule has 3 aliphatic carbocycles. The molecule has 4 fully saturated rings. The van der Waals surface area contributed by atoms with E-state index in [9.17, 15) is 14.3 Å². The molecule has 4 atom stereocenters. The minimum atomic E-state index is -0.727. The maximum absolute atomic E-state index is 14.4. The van der Waals surface area contributed by atoms with Crippen LogP contribution in [0.15, 0.2) is 52.5 Å². The summed E-state index contributed by atoms with van der Waals surface area (Å²) in [6, 6.07) is 10.5. The number of hydrogen-bond acceptors (Lipinski definition) is 5. The van der Waals surface area contributed by atoms with Crippen molar-refractivity contribution in [2.75, 3.05) is 25.5 Å². The summed E-state index contributed by atoms with van der Waals surface area (Å²) in [6.07, 6.45) is 4.26. The topological polar surface area (TPSA) is 92.0 Å². The summed E-state index contributed by atoms with van der Waals surface area (Å²) in [4.78, 5) is 25.1. The van der Waals surface area contributed by atoms with Crippen LogP contribution in [-0.4, -0.2) is 57.4 Å². The number of β-amino-alcohol motifs (C(OH)–C–C–N with tert-alkyl or cyclic N) is 1. The fraction of sp³-hybridized carbons (Fsp3) is 0.531. The van der Waals surface area contributed by atoms with Gasteiger partial charge in [-0.05, 0) is 79.2 Å². The van der Waals surface area contributed by atoms with Crippen LogP contribution in [0.4, 0.5) is 10.1 Å². The van der Waals surface area contributed by atoms with E-state index in [0.717, 1.165) is 18.1 Å². The van der Waals surface area contributed by atoms with Gasteiger partial charge < -0.3 is 20.1 Å². The molecule has 2 N–H and O–H groups in total. The predicted octanol–water partition coefficient (Wildman–Crippen LogP) is 4.69. The minimum absolute atomic E-state index is 0.166. The van der Waals surface area contributed by atoms with E-state index < -0.39 is 5.60 Å². The summed E-state index contributed by atoms with van der Waals surface area (Å²) in [6.45, 7) is 10.3. The van der Waals surface area contributed by atoms with E-state index in [4.69, 9.17) is 9.73 Å². The molecule has 1 saturated heterocycles. The van der Waals surface area contributed by atoms with Crippen molar-refractivity contribution < 1.29 is 14.2 Å². The van der Waals surface area contributed by atoms with Gasteiger partial charge in [-0.15, -0.1) is 0 Å². The Labute approximate surface area is 240 Å². The van der Waals surface area contributed by atoms with Crippen molar-refractivity contribution in [1.29, 1.82) is 0 Å². The molecule has 218 valence electrons. The molecule has 41 heavy (non-hydrogen) atoms. The first kappa shape index (κ1) is 27.7. The highest BCUT2D eigenvalue weighted by Crippen LogP contribution is 2.61. The lowest BCUT2D eigenvalue weighted by Crippen LogP contribution is -2.63. The van der Waals surface area contributed by atoms with Crippen LogP contribution in [0.2, 0.25) is 0 Å². The molecule has 4 unspecified atom stereocenters. The Bertz CT molecular complexity index is 1560. The number of aryl methyl sites for hydroxylation is 2. The number of fused-ring (bicyclic) bond motifs is 3. The zero-order valence-electron chi connectivity index (χ0n) is 24.5. The van der Waals surface area contributed by atoms with Gasteiger partial charge in [0.2, 0.25) is 0 Å². The molecule has 3 aromatic rings. The number of nitrogens with zero attached hydrogens (tertiary/aromatic N) is 4. The second-order valence-corrected chi connectivity index (χ2v) is 13.1. The van der Waals surface area contributed by atoms with Crippen molar-refractivity contribution in [3.05, 3.63) is 64.5 Å². The second-order valence-electron chi connectivity index (χ2n) is 13.1. The van der Waals surface area contributed by atoms with Gasteiger partial charge in [0.25, 0.3) is 5.56 Å². The highest BCUT2D eigenvalue weighted by atomic mass is 19.1. The van der Waals surface area contributed by atoms with Crippen LogP contribution >= 0.6 is 0 Å². The lowest BCUT2D eigenvalue weighted by Gasteiger charge is -2.61. The summed E-state index contributed by atoms with van der Waals surface area (Å²) in [7, 11) is 1.50. The van der Waals surface area contributed by atoms with Crippen LogP contribution in [0.5, 0.6) is 5.75 Å². The summed E-state index contributed by atoms with van der Waals surface area (Å²) in [5.41, 5.74) is 1.38. The maximum Gasteiger partial charge on any atom is 0.261 e. The van der Waals surface area contributed by atoms with Crippen LogP contribution in [0.3, 0.4) is 0 Å². The number of benzene rings is 2. The summed E-state index contributed by atoms with van der Waals surface area (Å²) >= 11 is 0. The van der Waals surface area contributed by atoms with Gasteiger partial charge in [-0.2, -0.15) is 0 Å². The second kappa shape index (κ2) is 10.1. The van der Waals surface area contributed by atoms with Gasteiger partial charge >= 0.3 is 0 Å². The Morgan fingerprint density at radius 1 is 1.20 bits per heavy atom. The number of aromatic nitrogens is 2. The largest absolute Gasteiger partial charge is 0.497 e. The van der Waals surface area contributed by atoms with E-state index in [2.05, 4.69) is 36.0 Å². The van der Waals surface area contributed by atoms with E-state index in [1.54, 1.807) is 18.2 Å². The number of aliphatic imine (C=N–C) groups is 1. The van der Waals surface area contributed by atoms with Crippen molar-refractivity contribution in [3.63, 3.8) is 0 Å². The number of nitrogens with one attached hydrogen (secondary N) is 1. The highest BCUT2D eigenvalue weighted by Gasteiger charge is 2.56. The zero-order valence-corrected chi connectivity index (χ0v) is 24.5. The fourth-order valence-electron chi connectivity index (χ4n) is 7.19. The van der Waals surface area contributed by atoms with E-state index in [1.165, 1.54) is 30.5 Å². The van der Waals surface area contributed by atoms with Gasteiger partial charge in [-0.25, -0.2) is 14.4 Å². The van der Waals surface area contributed by atoms with Crippen molar-refractivity contribution in [1.82, 2.24) is 14.5 Å². The Morgan fingerprint density at radius 2 is 1.98 bits per heavy atom. The minimum Gasteiger partial charge on any atom is -0.497 e. The highest BCUT2D eigenvalue weighted by molar-refractivity contribution is 5.96. The van der Waals surface area contributed by atoms with E-state index >= 15 is 0 Å². The fourth-order valence-corrected chi connectivity index (χ4v) is 7.19. The normalized spacial score (nSPS) is 26.3. The average molecular weight is 562 g/mol. The SMILES string of the molecule is COc1ccc(CCn2cnc3cc(NC(=NC4CC5CC(C4C)C5(C)C)N4CC(C)(O)C4)ccc3c2=O)c(F)c1. The summed E-state index contributed by atoms with van der Waals surface area (Å²) < 4.78 is 21.0. The smallest absolute Gasteiger partial charge is 0.261 e. The first-order valence-corrected chi connectivity index (χ1v) is 14.6. The first-order valence-electron chi connectivity index (χ1n) is 14.6. The number of aliphatic hydroxyl groups is 1. The number of methoxy groups -OCH3 is 1. The summed E-state index contributed by atoms with van der Waals surface area (Å²) in [5, 5.41) is 14.4. The lowest BCUT2D eigenvalue weighted by molar-refractivity contribution is -0.108. The van der Waals surface area contributed by atoms with Crippen LogP contribution in [0, 0.1) is 29.0 Å². The number of ether oxygens (including phenoxy) is 1. The van der Waals surface area contributed by atoms with Gasteiger partial charge in [0, 0.05) is 18.3 Å². The van der Waals surface area contributed by atoms with Crippen molar-refractivity contribution in [2.24, 2.45) is 28.2 Å². The third-order valence-corrected chi connectivity index (χ3v) is 9.93. The Morgan fingerprint density at radius 3 is 2.63 bits per heavy atom. The molecule has 2 heterocycles. The third kappa shape index (κ3) is 5.09. The number of halogens is 1. The molecule has 1 aliphatic heterocycles. The molecule has 3 saturated carbocycles. The molecule has 0 radical (unpaired) electrons. The molecule has 0 amide bonds. The Balaban J connectivity index is 1.21. The quantitative estimate of drug-likeness (QED) is 0.335. The van der Waals surface area contributed by atoms with Crippen LogP contribution < -0.4 is 15.6 Å². The molecule has 2 aromatic carbocycles. The van der Waals surface area contributed by atoms with E-state index in [0.29, 0.717) is 71.4 Å². The molecule has 7 rings (SSSR count).